The van der Waals surface area contributed by atoms with Gasteiger partial charge in [0.2, 0.25) is 0 Å². The molecule has 2 aromatic rings. The number of hydrogen-bond donors (Lipinski definition) is 0. The Morgan fingerprint density at radius 2 is 1.61 bits per heavy atom. The fourth-order valence-corrected chi connectivity index (χ4v) is 2.82. The van der Waals surface area contributed by atoms with E-state index in [2.05, 4.69) is 52.0 Å². The molecule has 0 aliphatic rings. The quantitative estimate of drug-likeness (QED) is 0.758. The molecule has 2 nitrogen and oxygen atoms in total. The maximum atomic E-state index is 12.4. The first kappa shape index (κ1) is 17.5. The second kappa shape index (κ2) is 6.74. The normalized spacial score (nSPS) is 11.7. The molecule has 0 saturated heterocycles. The smallest absolute Gasteiger partial charge is 0.253 e. The van der Waals surface area contributed by atoms with Crippen LogP contribution >= 0.6 is 0 Å². The third-order valence-corrected chi connectivity index (χ3v) is 4.65. The number of rotatable bonds is 4. The Morgan fingerprint density at radius 1 is 1.00 bits per heavy atom. The summed E-state index contributed by atoms with van der Waals surface area (Å²) in [5, 5.41) is 0. The summed E-state index contributed by atoms with van der Waals surface area (Å²) in [6, 6.07) is 8.76. The van der Waals surface area contributed by atoms with Gasteiger partial charge in [0.25, 0.3) is 5.56 Å². The maximum absolute atomic E-state index is 12.4. The Bertz CT molecular complexity index is 730. The first-order chi connectivity index (χ1) is 10.8. The summed E-state index contributed by atoms with van der Waals surface area (Å²) < 4.78 is 1.87. The largest absolute Gasteiger partial charge is 0.315 e. The van der Waals surface area contributed by atoms with Gasteiger partial charge in [-0.3, -0.25) is 4.79 Å². The van der Waals surface area contributed by atoms with Crippen molar-refractivity contribution in [3.05, 3.63) is 57.5 Å². The maximum Gasteiger partial charge on any atom is 0.253 e. The zero-order valence-corrected chi connectivity index (χ0v) is 15.4. The van der Waals surface area contributed by atoms with Gasteiger partial charge >= 0.3 is 0 Å². The third kappa shape index (κ3) is 3.74. The highest BCUT2D eigenvalue weighted by molar-refractivity contribution is 5.67. The molecule has 0 fully saturated rings. The molecule has 0 saturated carbocycles. The zero-order chi connectivity index (χ0) is 17.2. The van der Waals surface area contributed by atoms with Gasteiger partial charge in [0, 0.05) is 23.9 Å². The van der Waals surface area contributed by atoms with Crippen LogP contribution in [-0.4, -0.2) is 4.57 Å². The van der Waals surface area contributed by atoms with Crippen molar-refractivity contribution in [3.8, 4) is 11.1 Å². The van der Waals surface area contributed by atoms with Crippen molar-refractivity contribution in [2.75, 3.05) is 0 Å². The number of benzene rings is 1. The first-order valence-corrected chi connectivity index (χ1v) is 8.57. The summed E-state index contributed by atoms with van der Waals surface area (Å²) in [6.45, 7) is 13.6. The standard InChI is InChI=1S/C21H29NO/c1-7-8-13-22-14-19(15(2)16(3)20(22)23)17-9-11-18(12-10-17)21(4,5)6/h9-12,14H,7-8,13H2,1-6H3. The molecule has 0 atom stereocenters. The van der Waals surface area contributed by atoms with Gasteiger partial charge in [-0.25, -0.2) is 0 Å². The van der Waals surface area contributed by atoms with Gasteiger partial charge in [-0.15, -0.1) is 0 Å². The van der Waals surface area contributed by atoms with Crippen molar-refractivity contribution in [3.63, 3.8) is 0 Å². The highest BCUT2D eigenvalue weighted by Gasteiger charge is 2.15. The molecule has 0 spiro atoms. The van der Waals surface area contributed by atoms with Crippen LogP contribution in [0.1, 0.15) is 57.2 Å². The summed E-state index contributed by atoms with van der Waals surface area (Å²) in [4.78, 5) is 12.4. The Balaban J connectivity index is 2.50. The minimum atomic E-state index is 0.144. The van der Waals surface area contributed by atoms with E-state index in [-0.39, 0.29) is 11.0 Å². The molecule has 1 aromatic carbocycles. The van der Waals surface area contributed by atoms with Crippen LogP contribution in [0.5, 0.6) is 0 Å². The van der Waals surface area contributed by atoms with Gasteiger partial charge in [0.1, 0.15) is 0 Å². The van der Waals surface area contributed by atoms with E-state index in [4.69, 9.17) is 0 Å². The summed E-state index contributed by atoms with van der Waals surface area (Å²) >= 11 is 0. The van der Waals surface area contributed by atoms with Gasteiger partial charge in [0.05, 0.1) is 0 Å². The molecule has 23 heavy (non-hydrogen) atoms. The average molecular weight is 311 g/mol. The lowest BCUT2D eigenvalue weighted by atomic mass is 9.86. The number of aryl methyl sites for hydroxylation is 1. The zero-order valence-electron chi connectivity index (χ0n) is 15.4. The van der Waals surface area contributed by atoms with Gasteiger partial charge in [0.15, 0.2) is 0 Å². The molecule has 0 radical (unpaired) electrons. The lowest BCUT2D eigenvalue weighted by Gasteiger charge is -2.20. The summed E-state index contributed by atoms with van der Waals surface area (Å²) in [7, 11) is 0. The summed E-state index contributed by atoms with van der Waals surface area (Å²) in [5.74, 6) is 0. The molecule has 2 rings (SSSR count). The fraction of sp³-hybridized carbons (Fsp3) is 0.476. The van der Waals surface area contributed by atoms with Crippen molar-refractivity contribution in [2.45, 2.75) is 66.3 Å². The molecular formula is C21H29NO. The van der Waals surface area contributed by atoms with E-state index >= 15 is 0 Å². The van der Waals surface area contributed by atoms with Crippen LogP contribution in [0.3, 0.4) is 0 Å². The second-order valence-electron chi connectivity index (χ2n) is 7.47. The van der Waals surface area contributed by atoms with E-state index in [1.54, 1.807) is 0 Å². The molecular weight excluding hydrogens is 282 g/mol. The lowest BCUT2D eigenvalue weighted by Crippen LogP contribution is -2.23. The molecule has 0 unspecified atom stereocenters. The van der Waals surface area contributed by atoms with Crippen LogP contribution in [0.2, 0.25) is 0 Å². The van der Waals surface area contributed by atoms with Crippen LogP contribution in [-0.2, 0) is 12.0 Å². The number of nitrogens with zero attached hydrogens (tertiary/aromatic N) is 1. The highest BCUT2D eigenvalue weighted by Crippen LogP contribution is 2.28. The number of aromatic nitrogens is 1. The average Bonchev–Trinajstić information content (AvgIpc) is 2.51. The predicted molar refractivity (Wildman–Crippen MR) is 99.2 cm³/mol. The molecule has 1 aromatic heterocycles. The van der Waals surface area contributed by atoms with Gasteiger partial charge in [-0.1, -0.05) is 58.4 Å². The fourth-order valence-electron chi connectivity index (χ4n) is 2.82. The number of unbranched alkanes of at least 4 members (excludes halogenated alkanes) is 1. The van der Waals surface area contributed by atoms with Crippen LogP contribution in [0.25, 0.3) is 11.1 Å². The van der Waals surface area contributed by atoms with Crippen LogP contribution in [0.15, 0.2) is 35.3 Å². The van der Waals surface area contributed by atoms with Crippen LogP contribution in [0.4, 0.5) is 0 Å². The molecule has 0 aliphatic heterocycles. The molecule has 1 heterocycles. The second-order valence-corrected chi connectivity index (χ2v) is 7.47. The molecule has 124 valence electrons. The van der Waals surface area contributed by atoms with E-state index in [0.717, 1.165) is 30.5 Å². The third-order valence-electron chi connectivity index (χ3n) is 4.65. The van der Waals surface area contributed by atoms with E-state index in [0.29, 0.717) is 0 Å². The Kier molecular flexibility index (Phi) is 5.13. The summed E-state index contributed by atoms with van der Waals surface area (Å²) in [5.41, 5.74) is 5.93. The number of hydrogen-bond acceptors (Lipinski definition) is 1. The SMILES string of the molecule is CCCCn1cc(-c2ccc(C(C)(C)C)cc2)c(C)c(C)c1=O. The minimum Gasteiger partial charge on any atom is -0.315 e. The van der Waals surface area contributed by atoms with E-state index in [1.807, 2.05) is 24.6 Å². The monoisotopic (exact) mass is 311 g/mol. The van der Waals surface area contributed by atoms with E-state index in [1.165, 1.54) is 16.7 Å². The highest BCUT2D eigenvalue weighted by atomic mass is 16.1. The van der Waals surface area contributed by atoms with Gasteiger partial charge in [-0.05, 0) is 42.4 Å². The van der Waals surface area contributed by atoms with Crippen molar-refractivity contribution >= 4 is 0 Å². The Hall–Kier alpha value is -1.83. The summed E-state index contributed by atoms with van der Waals surface area (Å²) in [6.07, 6.45) is 4.16. The molecule has 0 amide bonds. The van der Waals surface area contributed by atoms with Crippen molar-refractivity contribution in [1.82, 2.24) is 4.57 Å². The molecule has 0 aliphatic carbocycles. The minimum absolute atomic E-state index is 0.144. The van der Waals surface area contributed by atoms with E-state index < -0.39 is 0 Å². The topological polar surface area (TPSA) is 22.0 Å². The van der Waals surface area contributed by atoms with Crippen LogP contribution < -0.4 is 5.56 Å². The first-order valence-electron chi connectivity index (χ1n) is 8.57. The van der Waals surface area contributed by atoms with Gasteiger partial charge in [-0.2, -0.15) is 0 Å². The van der Waals surface area contributed by atoms with Crippen molar-refractivity contribution in [2.24, 2.45) is 0 Å². The lowest BCUT2D eigenvalue weighted by molar-refractivity contribution is 0.590. The van der Waals surface area contributed by atoms with Crippen molar-refractivity contribution in [1.29, 1.82) is 0 Å². The van der Waals surface area contributed by atoms with Crippen LogP contribution in [0, 0.1) is 13.8 Å². The van der Waals surface area contributed by atoms with Gasteiger partial charge < -0.3 is 4.57 Å². The predicted octanol–water partition coefficient (Wildman–Crippen LogP) is 5.23. The Morgan fingerprint density at radius 3 is 2.13 bits per heavy atom. The van der Waals surface area contributed by atoms with E-state index in [9.17, 15) is 4.79 Å². The molecule has 2 heteroatoms. The molecule has 0 bridgehead atoms. The van der Waals surface area contributed by atoms with Crippen molar-refractivity contribution < 1.29 is 0 Å². The Labute approximate surface area is 140 Å². The number of pyridine rings is 1. The molecule has 0 N–H and O–H groups in total.